The largest absolute Gasteiger partial charge is 0.355 e. The van der Waals surface area contributed by atoms with Gasteiger partial charge in [-0.15, -0.1) is 0 Å². The first-order chi connectivity index (χ1) is 8.71. The van der Waals surface area contributed by atoms with E-state index in [2.05, 4.69) is 39.9 Å². The molecule has 0 aromatic rings. The van der Waals surface area contributed by atoms with Crippen molar-refractivity contribution in [2.45, 2.75) is 60.3 Å². The molecule has 1 saturated carbocycles. The van der Waals surface area contributed by atoms with Crippen molar-refractivity contribution in [3.63, 3.8) is 0 Å². The van der Waals surface area contributed by atoms with Gasteiger partial charge in [0, 0.05) is 13.1 Å². The van der Waals surface area contributed by atoms with Crippen LogP contribution in [0.25, 0.3) is 0 Å². The average Bonchev–Trinajstić information content (AvgIpc) is 2.35. The lowest BCUT2D eigenvalue weighted by molar-refractivity contribution is -0.133. The Morgan fingerprint density at radius 3 is 2.32 bits per heavy atom. The van der Waals surface area contributed by atoms with Crippen molar-refractivity contribution in [3.05, 3.63) is 0 Å². The summed E-state index contributed by atoms with van der Waals surface area (Å²) in [4.78, 5) is 12.5. The molecule has 1 fully saturated rings. The summed E-state index contributed by atoms with van der Waals surface area (Å²) < 4.78 is 0. The monoisotopic (exact) mass is 268 g/mol. The number of hydrogen-bond donors (Lipinski definition) is 2. The molecule has 0 spiro atoms. The molecule has 1 amide bonds. The SMILES string of the molecule is CC1CCC(CN)(C(=O)NCC(C)C(C)(C)C)CC1. The number of nitrogens with one attached hydrogen (secondary N) is 1. The van der Waals surface area contributed by atoms with E-state index in [1.165, 1.54) is 0 Å². The zero-order valence-corrected chi connectivity index (χ0v) is 13.4. The van der Waals surface area contributed by atoms with Gasteiger partial charge in [-0.05, 0) is 42.9 Å². The standard InChI is InChI=1S/C16H32N2O/c1-12-6-8-16(11-17,9-7-12)14(19)18-10-13(2)15(3,4)5/h12-13H,6-11,17H2,1-5H3,(H,18,19). The lowest BCUT2D eigenvalue weighted by atomic mass is 9.70. The number of hydrogen-bond acceptors (Lipinski definition) is 2. The molecule has 0 bridgehead atoms. The summed E-state index contributed by atoms with van der Waals surface area (Å²) in [5.41, 5.74) is 5.84. The average molecular weight is 268 g/mol. The molecule has 1 unspecified atom stereocenters. The molecule has 0 aromatic heterocycles. The normalized spacial score (nSPS) is 29.9. The highest BCUT2D eigenvalue weighted by molar-refractivity contribution is 5.83. The molecular formula is C16H32N2O. The fraction of sp³-hybridized carbons (Fsp3) is 0.938. The Labute approximate surface area is 118 Å². The highest BCUT2D eigenvalue weighted by Crippen LogP contribution is 2.38. The molecule has 0 aromatic carbocycles. The molecule has 3 N–H and O–H groups in total. The van der Waals surface area contributed by atoms with Gasteiger partial charge in [0.2, 0.25) is 5.91 Å². The van der Waals surface area contributed by atoms with E-state index in [0.717, 1.165) is 38.1 Å². The predicted octanol–water partition coefficient (Wildman–Crippen LogP) is 2.94. The Morgan fingerprint density at radius 1 is 1.37 bits per heavy atom. The second-order valence-electron chi connectivity index (χ2n) is 7.64. The number of amides is 1. The molecule has 19 heavy (non-hydrogen) atoms. The van der Waals surface area contributed by atoms with Gasteiger partial charge in [-0.25, -0.2) is 0 Å². The maximum absolute atomic E-state index is 12.5. The fourth-order valence-corrected chi connectivity index (χ4v) is 2.58. The van der Waals surface area contributed by atoms with Gasteiger partial charge in [0.25, 0.3) is 0 Å². The second kappa shape index (κ2) is 6.25. The summed E-state index contributed by atoms with van der Waals surface area (Å²) in [5.74, 6) is 1.38. The van der Waals surface area contributed by atoms with Gasteiger partial charge in [0.1, 0.15) is 0 Å². The highest BCUT2D eigenvalue weighted by atomic mass is 16.2. The van der Waals surface area contributed by atoms with Crippen molar-refractivity contribution in [1.29, 1.82) is 0 Å². The molecule has 1 aliphatic rings. The van der Waals surface area contributed by atoms with E-state index in [1.807, 2.05) is 0 Å². The Balaban J connectivity index is 2.56. The Morgan fingerprint density at radius 2 is 1.89 bits per heavy atom. The van der Waals surface area contributed by atoms with Gasteiger partial charge in [0.05, 0.1) is 5.41 Å². The summed E-state index contributed by atoms with van der Waals surface area (Å²) in [6.45, 7) is 12.3. The maximum Gasteiger partial charge on any atom is 0.227 e. The molecule has 3 nitrogen and oxygen atoms in total. The van der Waals surface area contributed by atoms with Crippen LogP contribution < -0.4 is 11.1 Å². The zero-order valence-electron chi connectivity index (χ0n) is 13.4. The molecule has 1 aliphatic carbocycles. The molecule has 0 radical (unpaired) electrons. The van der Waals surface area contributed by atoms with Crippen molar-refractivity contribution < 1.29 is 4.79 Å². The lowest BCUT2D eigenvalue weighted by Gasteiger charge is -2.38. The predicted molar refractivity (Wildman–Crippen MR) is 80.7 cm³/mol. The van der Waals surface area contributed by atoms with Crippen LogP contribution in [0.3, 0.4) is 0 Å². The van der Waals surface area contributed by atoms with Crippen molar-refractivity contribution in [2.75, 3.05) is 13.1 Å². The van der Waals surface area contributed by atoms with Gasteiger partial charge < -0.3 is 11.1 Å². The van der Waals surface area contributed by atoms with Crippen LogP contribution in [0.15, 0.2) is 0 Å². The number of carbonyl (C=O) groups excluding carboxylic acids is 1. The van der Waals surface area contributed by atoms with Gasteiger partial charge >= 0.3 is 0 Å². The zero-order chi connectivity index (χ0) is 14.7. The van der Waals surface area contributed by atoms with Crippen LogP contribution in [-0.2, 0) is 4.79 Å². The van der Waals surface area contributed by atoms with Crippen molar-refractivity contribution in [1.82, 2.24) is 5.32 Å². The molecule has 0 heterocycles. The Bertz CT molecular complexity index is 298. The quantitative estimate of drug-likeness (QED) is 0.823. The second-order valence-corrected chi connectivity index (χ2v) is 7.64. The third-order valence-corrected chi connectivity index (χ3v) is 5.15. The van der Waals surface area contributed by atoms with Crippen LogP contribution in [0, 0.1) is 22.7 Å². The molecule has 0 saturated heterocycles. The molecule has 112 valence electrons. The topological polar surface area (TPSA) is 55.1 Å². The van der Waals surface area contributed by atoms with Gasteiger partial charge in [-0.2, -0.15) is 0 Å². The highest BCUT2D eigenvalue weighted by Gasteiger charge is 2.39. The third-order valence-electron chi connectivity index (χ3n) is 5.15. The number of carbonyl (C=O) groups is 1. The first-order valence-electron chi connectivity index (χ1n) is 7.69. The summed E-state index contributed by atoms with van der Waals surface area (Å²) in [7, 11) is 0. The van der Waals surface area contributed by atoms with Crippen LogP contribution in [0.4, 0.5) is 0 Å². The summed E-state index contributed by atoms with van der Waals surface area (Å²) >= 11 is 0. The van der Waals surface area contributed by atoms with Crippen LogP contribution in [0.5, 0.6) is 0 Å². The minimum Gasteiger partial charge on any atom is -0.355 e. The van der Waals surface area contributed by atoms with Crippen molar-refractivity contribution in [2.24, 2.45) is 28.4 Å². The van der Waals surface area contributed by atoms with Crippen LogP contribution in [0.2, 0.25) is 0 Å². The van der Waals surface area contributed by atoms with Crippen LogP contribution in [0.1, 0.15) is 60.3 Å². The molecule has 0 aliphatic heterocycles. The van der Waals surface area contributed by atoms with E-state index >= 15 is 0 Å². The minimum atomic E-state index is -0.301. The van der Waals surface area contributed by atoms with Gasteiger partial charge in [-0.1, -0.05) is 34.6 Å². The molecule has 1 atom stereocenters. The van der Waals surface area contributed by atoms with Crippen molar-refractivity contribution >= 4 is 5.91 Å². The lowest BCUT2D eigenvalue weighted by Crippen LogP contribution is -2.49. The van der Waals surface area contributed by atoms with E-state index in [1.54, 1.807) is 0 Å². The molecule has 1 rings (SSSR count). The fourth-order valence-electron chi connectivity index (χ4n) is 2.58. The first kappa shape index (κ1) is 16.5. The van der Waals surface area contributed by atoms with Gasteiger partial charge in [0.15, 0.2) is 0 Å². The third kappa shape index (κ3) is 4.20. The van der Waals surface area contributed by atoms with Gasteiger partial charge in [-0.3, -0.25) is 4.79 Å². The summed E-state index contributed by atoms with van der Waals surface area (Å²) in [6, 6.07) is 0. The smallest absolute Gasteiger partial charge is 0.227 e. The van der Waals surface area contributed by atoms with E-state index in [-0.39, 0.29) is 16.7 Å². The van der Waals surface area contributed by atoms with Crippen LogP contribution >= 0.6 is 0 Å². The number of nitrogens with two attached hydrogens (primary N) is 1. The number of rotatable bonds is 4. The summed E-state index contributed by atoms with van der Waals surface area (Å²) in [6.07, 6.45) is 4.14. The van der Waals surface area contributed by atoms with E-state index in [0.29, 0.717) is 12.5 Å². The van der Waals surface area contributed by atoms with E-state index in [4.69, 9.17) is 5.73 Å². The Hall–Kier alpha value is -0.570. The minimum absolute atomic E-state index is 0.179. The molecular weight excluding hydrogens is 236 g/mol. The van der Waals surface area contributed by atoms with E-state index < -0.39 is 0 Å². The van der Waals surface area contributed by atoms with Crippen molar-refractivity contribution in [3.8, 4) is 0 Å². The Kier molecular flexibility index (Phi) is 5.43. The van der Waals surface area contributed by atoms with Crippen LogP contribution in [-0.4, -0.2) is 19.0 Å². The first-order valence-corrected chi connectivity index (χ1v) is 7.69. The maximum atomic E-state index is 12.5. The summed E-state index contributed by atoms with van der Waals surface area (Å²) in [5, 5.41) is 3.15. The molecule has 3 heteroatoms. The van der Waals surface area contributed by atoms with E-state index in [9.17, 15) is 4.79 Å².